The van der Waals surface area contributed by atoms with Crippen molar-refractivity contribution < 1.29 is 19.1 Å². The van der Waals surface area contributed by atoms with Crippen molar-refractivity contribution in [3.8, 4) is 5.75 Å². The largest absolute Gasteiger partial charge is 0.491 e. The quantitative estimate of drug-likeness (QED) is 0.696. The summed E-state index contributed by atoms with van der Waals surface area (Å²) >= 11 is 0. The molecule has 0 bridgehead atoms. The molecule has 1 atom stereocenters. The number of unbranched alkanes of at least 4 members (excludes halogenated alkanes) is 1. The lowest BCUT2D eigenvalue weighted by Crippen LogP contribution is -2.62. The summed E-state index contributed by atoms with van der Waals surface area (Å²) in [5, 5.41) is 0. The number of morpholine rings is 1. The van der Waals surface area contributed by atoms with Crippen molar-refractivity contribution in [3.63, 3.8) is 0 Å². The molecule has 1 aromatic rings. The minimum absolute atomic E-state index is 0.0346. The van der Waals surface area contributed by atoms with E-state index in [1.165, 1.54) is 5.56 Å². The Hall–Kier alpha value is -2.08. The smallest absolute Gasteiger partial charge is 0.256 e. The van der Waals surface area contributed by atoms with Crippen molar-refractivity contribution in [2.45, 2.75) is 70.3 Å². The third kappa shape index (κ3) is 5.64. The number of aryl methyl sites for hydroxylation is 1. The molecule has 3 aliphatic rings. The topological polar surface area (TPSA) is 59.1 Å². The summed E-state index contributed by atoms with van der Waals surface area (Å²) < 4.78 is 12.4. The van der Waals surface area contributed by atoms with Gasteiger partial charge < -0.3 is 19.3 Å². The van der Waals surface area contributed by atoms with E-state index in [2.05, 4.69) is 19.1 Å². The maximum Gasteiger partial charge on any atom is 0.256 e. The molecular weight excluding hydrogens is 404 g/mol. The van der Waals surface area contributed by atoms with Crippen LogP contribution in [0.4, 0.5) is 0 Å². The molecule has 6 nitrogen and oxygen atoms in total. The van der Waals surface area contributed by atoms with Crippen LogP contribution in [0.3, 0.4) is 0 Å². The Morgan fingerprint density at radius 3 is 2.81 bits per heavy atom. The van der Waals surface area contributed by atoms with Gasteiger partial charge in [0.05, 0.1) is 19.7 Å². The zero-order valence-corrected chi connectivity index (χ0v) is 19.5. The molecule has 0 N–H and O–H groups in total. The van der Waals surface area contributed by atoms with Gasteiger partial charge in [0.15, 0.2) is 5.60 Å². The number of para-hydroxylation sites is 1. The number of rotatable bonds is 5. The van der Waals surface area contributed by atoms with E-state index >= 15 is 0 Å². The first-order valence-corrected chi connectivity index (χ1v) is 12.5. The fraction of sp³-hybridized carbons (Fsp3) is 0.692. The Morgan fingerprint density at radius 1 is 1.16 bits per heavy atom. The molecule has 1 spiro atoms. The Kier molecular flexibility index (Phi) is 7.71. The summed E-state index contributed by atoms with van der Waals surface area (Å²) in [4.78, 5) is 30.6. The third-order valence-corrected chi connectivity index (χ3v) is 7.03. The second kappa shape index (κ2) is 10.7. The summed E-state index contributed by atoms with van der Waals surface area (Å²) in [7, 11) is 0. The van der Waals surface area contributed by atoms with E-state index in [0.717, 1.165) is 50.7 Å². The van der Waals surface area contributed by atoms with Crippen molar-refractivity contribution in [2.75, 3.05) is 39.4 Å². The van der Waals surface area contributed by atoms with Gasteiger partial charge in [-0.25, -0.2) is 0 Å². The monoisotopic (exact) mass is 442 g/mol. The van der Waals surface area contributed by atoms with Crippen molar-refractivity contribution in [1.29, 1.82) is 0 Å². The van der Waals surface area contributed by atoms with Crippen LogP contribution in [0.5, 0.6) is 5.75 Å². The van der Waals surface area contributed by atoms with Crippen molar-refractivity contribution in [3.05, 3.63) is 29.8 Å². The zero-order chi connectivity index (χ0) is 22.4. The van der Waals surface area contributed by atoms with Crippen LogP contribution in [0.1, 0.15) is 63.9 Å². The van der Waals surface area contributed by atoms with E-state index < -0.39 is 5.60 Å². The second-order valence-electron chi connectivity index (χ2n) is 9.61. The summed E-state index contributed by atoms with van der Waals surface area (Å²) in [5.74, 6) is 1.70. The van der Waals surface area contributed by atoms with Crippen LogP contribution in [-0.2, 0) is 20.7 Å². The first-order chi connectivity index (χ1) is 15.6. The molecule has 6 heteroatoms. The third-order valence-electron chi connectivity index (χ3n) is 7.03. The number of nitrogens with zero attached hydrogens (tertiary/aromatic N) is 2. The highest BCUT2D eigenvalue weighted by atomic mass is 16.5. The van der Waals surface area contributed by atoms with Gasteiger partial charge in [0.2, 0.25) is 5.91 Å². The Morgan fingerprint density at radius 2 is 2.00 bits per heavy atom. The number of fused-ring (bicyclic) bond motifs is 1. The van der Waals surface area contributed by atoms with Crippen molar-refractivity contribution in [1.82, 2.24) is 9.80 Å². The van der Waals surface area contributed by atoms with E-state index in [4.69, 9.17) is 9.47 Å². The summed E-state index contributed by atoms with van der Waals surface area (Å²) in [6.45, 7) is 5.24. The normalized spacial score (nSPS) is 25.0. The van der Waals surface area contributed by atoms with Crippen LogP contribution in [0.2, 0.25) is 0 Å². The second-order valence-corrected chi connectivity index (χ2v) is 9.61. The number of benzene rings is 1. The number of ether oxygens (including phenoxy) is 2. The van der Waals surface area contributed by atoms with E-state index in [1.807, 2.05) is 21.9 Å². The predicted octanol–water partition coefficient (Wildman–Crippen LogP) is 3.82. The average Bonchev–Trinajstić information content (AvgIpc) is 3.63. The summed E-state index contributed by atoms with van der Waals surface area (Å²) in [6, 6.07) is 8.21. The number of carbonyl (C=O) groups is 2. The van der Waals surface area contributed by atoms with E-state index in [9.17, 15) is 9.59 Å². The lowest BCUT2D eigenvalue weighted by Gasteiger charge is -2.44. The molecule has 2 aliphatic heterocycles. The summed E-state index contributed by atoms with van der Waals surface area (Å²) in [6.07, 6.45) is 8.33. The standard InChI is InChI=1S/C26H38N2O4/c1-2-3-14-27-15-17-31-23-10-5-4-8-22(23)9-6-7-13-26(25(27)30)20-28(16-18-32-26)24(29)19-21-11-12-21/h4-5,8,10,21H,2-3,6-7,9,11-20H2,1H3. The molecule has 176 valence electrons. The minimum atomic E-state index is -0.927. The van der Waals surface area contributed by atoms with Crippen LogP contribution in [0.25, 0.3) is 0 Å². The van der Waals surface area contributed by atoms with Gasteiger partial charge in [0.25, 0.3) is 5.91 Å². The highest BCUT2D eigenvalue weighted by Crippen LogP contribution is 2.34. The average molecular weight is 443 g/mol. The van der Waals surface area contributed by atoms with Crippen LogP contribution >= 0.6 is 0 Å². The SMILES string of the molecule is CCCCN1CCOc2ccccc2CCCCC2(CN(C(=O)CC3CC3)CCO2)C1=O. The van der Waals surface area contributed by atoms with Gasteiger partial charge in [-0.05, 0) is 62.5 Å². The fourth-order valence-corrected chi connectivity index (χ4v) is 4.88. The lowest BCUT2D eigenvalue weighted by molar-refractivity contribution is -0.176. The molecule has 0 radical (unpaired) electrons. The molecule has 32 heavy (non-hydrogen) atoms. The van der Waals surface area contributed by atoms with E-state index in [1.54, 1.807) is 0 Å². The van der Waals surface area contributed by atoms with Gasteiger partial charge >= 0.3 is 0 Å². The van der Waals surface area contributed by atoms with Crippen molar-refractivity contribution in [2.24, 2.45) is 5.92 Å². The predicted molar refractivity (Wildman–Crippen MR) is 124 cm³/mol. The number of hydrogen-bond acceptors (Lipinski definition) is 4. The van der Waals surface area contributed by atoms with Crippen LogP contribution in [0, 0.1) is 5.92 Å². The highest BCUT2D eigenvalue weighted by Gasteiger charge is 2.46. The molecule has 2 fully saturated rings. The molecule has 4 rings (SSSR count). The first kappa shape index (κ1) is 23.1. The number of amides is 2. The molecule has 2 amide bonds. The van der Waals surface area contributed by atoms with Gasteiger partial charge in [-0.3, -0.25) is 9.59 Å². The molecule has 1 saturated heterocycles. The first-order valence-electron chi connectivity index (χ1n) is 12.5. The van der Waals surface area contributed by atoms with Crippen molar-refractivity contribution >= 4 is 11.8 Å². The highest BCUT2D eigenvalue weighted by molar-refractivity contribution is 5.87. The molecule has 1 saturated carbocycles. The van der Waals surface area contributed by atoms with Crippen LogP contribution in [0.15, 0.2) is 24.3 Å². The molecule has 1 unspecified atom stereocenters. The Bertz CT molecular complexity index is 794. The Labute approximate surface area is 192 Å². The van der Waals surface area contributed by atoms with Crippen LogP contribution in [-0.4, -0.2) is 66.6 Å². The van der Waals surface area contributed by atoms with Gasteiger partial charge in [-0.15, -0.1) is 0 Å². The molecular formula is C26H38N2O4. The number of carbonyl (C=O) groups excluding carboxylic acids is 2. The minimum Gasteiger partial charge on any atom is -0.491 e. The lowest BCUT2D eigenvalue weighted by atomic mass is 9.90. The van der Waals surface area contributed by atoms with Crippen LogP contribution < -0.4 is 4.74 Å². The fourth-order valence-electron chi connectivity index (χ4n) is 4.88. The zero-order valence-electron chi connectivity index (χ0n) is 19.5. The maximum absolute atomic E-state index is 13.9. The molecule has 1 aromatic carbocycles. The van der Waals surface area contributed by atoms with Gasteiger partial charge in [0.1, 0.15) is 12.4 Å². The van der Waals surface area contributed by atoms with E-state index in [-0.39, 0.29) is 11.8 Å². The molecule has 0 aromatic heterocycles. The Balaban J connectivity index is 1.54. The summed E-state index contributed by atoms with van der Waals surface area (Å²) in [5.41, 5.74) is 0.295. The maximum atomic E-state index is 13.9. The molecule has 2 heterocycles. The molecule has 1 aliphatic carbocycles. The van der Waals surface area contributed by atoms with Gasteiger partial charge in [0, 0.05) is 19.5 Å². The van der Waals surface area contributed by atoms with Gasteiger partial charge in [-0.1, -0.05) is 31.5 Å². The van der Waals surface area contributed by atoms with Gasteiger partial charge in [-0.2, -0.15) is 0 Å². The van der Waals surface area contributed by atoms with E-state index in [0.29, 0.717) is 58.2 Å². The number of hydrogen-bond donors (Lipinski definition) is 0.